The Balaban J connectivity index is 1.36. The lowest BCUT2D eigenvalue weighted by Crippen LogP contribution is -2.50. The van der Waals surface area contributed by atoms with E-state index in [1.165, 1.54) is 5.56 Å². The van der Waals surface area contributed by atoms with E-state index in [2.05, 4.69) is 46.3 Å². The Morgan fingerprint density at radius 1 is 1.29 bits per heavy atom. The summed E-state index contributed by atoms with van der Waals surface area (Å²) in [5.74, 6) is 0.461. The molecule has 1 fully saturated rings. The van der Waals surface area contributed by atoms with Gasteiger partial charge in [-0.25, -0.2) is 14.5 Å². The number of hydrogen-bond donors (Lipinski definition) is 1. The van der Waals surface area contributed by atoms with E-state index in [0.717, 1.165) is 41.9 Å². The third-order valence-corrected chi connectivity index (χ3v) is 7.00. The average Bonchev–Trinajstić information content (AvgIpc) is 3.35. The number of fused-ring (bicyclic) bond motifs is 1. The van der Waals surface area contributed by atoms with Crippen LogP contribution in [-0.4, -0.2) is 60.5 Å². The third-order valence-electron chi connectivity index (χ3n) is 7.00. The van der Waals surface area contributed by atoms with Gasteiger partial charge in [-0.1, -0.05) is 6.07 Å². The van der Waals surface area contributed by atoms with Crippen LogP contribution in [0.4, 0.5) is 0 Å². The summed E-state index contributed by atoms with van der Waals surface area (Å²) < 4.78 is 7.38. The maximum Gasteiger partial charge on any atom is 0.337 e. The van der Waals surface area contributed by atoms with E-state index >= 15 is 0 Å². The fraction of sp³-hybridized carbons (Fsp3) is 0.360. The van der Waals surface area contributed by atoms with Crippen molar-refractivity contribution < 1.29 is 9.53 Å². The number of carbonyl (C=O) groups is 1. The number of carbonyl (C=O) groups excluding carboxylic acids is 1. The first-order valence-corrected chi connectivity index (χ1v) is 11.9. The summed E-state index contributed by atoms with van der Waals surface area (Å²) in [6.07, 6.45) is 5.47. The smallest absolute Gasteiger partial charge is 0.337 e. The predicted octanol–water partition coefficient (Wildman–Crippen LogP) is 0.838. The molecule has 35 heavy (non-hydrogen) atoms. The van der Waals surface area contributed by atoms with Crippen molar-refractivity contribution in [1.82, 2.24) is 25.0 Å². The number of nitrogens with one attached hydrogen (secondary N) is 1. The third kappa shape index (κ3) is 4.26. The molecule has 0 radical (unpaired) electrons. The first kappa shape index (κ1) is 23.3. The van der Waals surface area contributed by atoms with Crippen LogP contribution < -0.4 is 5.32 Å². The van der Waals surface area contributed by atoms with Crippen molar-refractivity contribution in [2.24, 2.45) is 0 Å². The Kier molecular flexibility index (Phi) is 5.78. The van der Waals surface area contributed by atoms with Crippen LogP contribution in [0.2, 0.25) is 0 Å². The average molecular weight is 466 g/mol. The van der Waals surface area contributed by atoms with Gasteiger partial charge in [-0.05, 0) is 55.2 Å². The molecule has 0 amide bonds. The van der Waals surface area contributed by atoms with Gasteiger partial charge in [0.05, 0.1) is 22.7 Å². The molecule has 1 N–H and O–H groups in total. The molecule has 3 aromatic rings. The van der Waals surface area contributed by atoms with Crippen LogP contribution in [0.1, 0.15) is 56.7 Å². The number of ether oxygens (including phenoxy) is 1. The van der Waals surface area contributed by atoms with Gasteiger partial charge >= 0.3 is 5.97 Å². The lowest BCUT2D eigenvalue weighted by atomic mass is 9.60. The van der Waals surface area contributed by atoms with Gasteiger partial charge in [-0.2, -0.15) is 10.4 Å². The van der Waals surface area contributed by atoms with Gasteiger partial charge in [-0.15, -0.1) is 0 Å². The van der Waals surface area contributed by atoms with Gasteiger partial charge in [0.1, 0.15) is 6.07 Å². The van der Waals surface area contributed by atoms with Gasteiger partial charge in [-0.3, -0.25) is 4.90 Å². The summed E-state index contributed by atoms with van der Waals surface area (Å²) >= 11 is 0. The maximum atomic E-state index is 12.3. The normalized spacial score (nSPS) is 21.4. The molecule has 2 aromatic heterocycles. The number of hydrogen-bond acceptors (Lipinski definition) is 7. The molecule has 176 valence electrons. The lowest BCUT2D eigenvalue weighted by Gasteiger charge is -2.38. The molecule has 0 aliphatic carbocycles. The molecule has 1 saturated heterocycles. The maximum absolute atomic E-state index is 12.3. The monoisotopic (exact) mass is 466 g/mol. The second-order valence-corrected chi connectivity index (χ2v) is 10.2. The van der Waals surface area contributed by atoms with Crippen LogP contribution in [0, 0.1) is 25.2 Å². The predicted molar refractivity (Wildman–Crippen MR) is 137 cm³/mol. The van der Waals surface area contributed by atoms with Crippen molar-refractivity contribution in [1.29, 1.82) is 5.26 Å². The Bertz CT molecular complexity index is 1360. The summed E-state index contributed by atoms with van der Waals surface area (Å²) in [6, 6.07) is 8.47. The van der Waals surface area contributed by atoms with Crippen LogP contribution >= 0.6 is 0 Å². The lowest BCUT2D eigenvalue weighted by molar-refractivity contribution is 0.0444. The SMILES string of the molecule is BC1(B)OC(=O)c2ccc([C@@H]3CN(Cc4cnn(-c5cc(C)c(C#N)cn5)c4)C[C@H](C)N3)c(C)c21. The molecule has 0 bridgehead atoms. The topological polar surface area (TPSA) is 96.1 Å². The minimum Gasteiger partial charge on any atom is -0.470 e. The van der Waals surface area contributed by atoms with Crippen molar-refractivity contribution in [3.8, 4) is 11.9 Å². The summed E-state index contributed by atoms with van der Waals surface area (Å²) in [6.45, 7) is 8.74. The molecule has 1 aromatic carbocycles. The number of nitriles is 1. The molecular formula is C25H28B2N6O2. The van der Waals surface area contributed by atoms with E-state index in [9.17, 15) is 4.79 Å². The number of rotatable bonds is 4. The quantitative estimate of drug-likeness (QED) is 0.450. The number of nitrogens with zero attached hydrogens (tertiary/aromatic N) is 5. The van der Waals surface area contributed by atoms with Crippen LogP contribution in [-0.2, 0) is 16.7 Å². The molecule has 2 aliphatic heterocycles. The van der Waals surface area contributed by atoms with Crippen LogP contribution in [0.15, 0.2) is 36.8 Å². The van der Waals surface area contributed by atoms with E-state index < -0.39 is 5.40 Å². The van der Waals surface area contributed by atoms with Gasteiger partial charge in [0.15, 0.2) is 21.5 Å². The molecule has 4 heterocycles. The number of piperazine rings is 1. The number of pyridine rings is 1. The molecule has 8 nitrogen and oxygen atoms in total. The van der Waals surface area contributed by atoms with Crippen molar-refractivity contribution >= 4 is 21.7 Å². The molecule has 2 aliphatic rings. The number of aromatic nitrogens is 3. The highest BCUT2D eigenvalue weighted by Gasteiger charge is 2.40. The van der Waals surface area contributed by atoms with E-state index in [1.807, 2.05) is 47.1 Å². The number of cyclic esters (lactones) is 1. The number of aryl methyl sites for hydroxylation is 1. The van der Waals surface area contributed by atoms with Crippen molar-refractivity contribution in [3.63, 3.8) is 0 Å². The van der Waals surface area contributed by atoms with E-state index in [0.29, 0.717) is 23.0 Å². The van der Waals surface area contributed by atoms with Crippen LogP contribution in [0.25, 0.3) is 5.82 Å². The van der Waals surface area contributed by atoms with Crippen LogP contribution in [0.3, 0.4) is 0 Å². The highest BCUT2D eigenvalue weighted by molar-refractivity contribution is 6.41. The Morgan fingerprint density at radius 3 is 2.83 bits per heavy atom. The molecule has 10 heteroatoms. The highest BCUT2D eigenvalue weighted by atomic mass is 16.6. The van der Waals surface area contributed by atoms with Crippen LogP contribution in [0.5, 0.6) is 0 Å². The molecule has 5 rings (SSSR count). The second-order valence-electron chi connectivity index (χ2n) is 10.2. The molecule has 0 saturated carbocycles. The van der Waals surface area contributed by atoms with Crippen molar-refractivity contribution in [3.05, 3.63) is 75.7 Å². The minimum atomic E-state index is -0.612. The standard InChI is InChI=1S/C25H28B2N6O2/c1-14-6-22(29-9-18(14)7-28)33-12-17(8-30-33)11-32-10-15(2)31-21(13-32)19-4-5-20-23(16(19)3)25(26,27)35-24(20)34/h4-6,8-9,12,15,21,31H,10-11,13,26-27H2,1-3H3/t15-,21-/m0/s1. The van der Waals surface area contributed by atoms with E-state index in [1.54, 1.807) is 10.9 Å². The summed E-state index contributed by atoms with van der Waals surface area (Å²) in [4.78, 5) is 19.1. The zero-order valence-electron chi connectivity index (χ0n) is 20.8. The van der Waals surface area contributed by atoms with Crippen molar-refractivity contribution in [2.75, 3.05) is 13.1 Å². The Labute approximate surface area is 207 Å². The molecule has 0 spiro atoms. The first-order chi connectivity index (χ1) is 16.7. The number of esters is 1. The highest BCUT2D eigenvalue weighted by Crippen LogP contribution is 2.37. The molecular weight excluding hydrogens is 438 g/mol. The van der Waals surface area contributed by atoms with Gasteiger partial charge in [0, 0.05) is 49.7 Å². The van der Waals surface area contributed by atoms with Gasteiger partial charge in [0.2, 0.25) is 0 Å². The fourth-order valence-corrected chi connectivity index (χ4v) is 5.48. The fourth-order valence-electron chi connectivity index (χ4n) is 5.48. The summed E-state index contributed by atoms with van der Waals surface area (Å²) in [7, 11) is 3.91. The zero-order chi connectivity index (χ0) is 24.9. The summed E-state index contributed by atoms with van der Waals surface area (Å²) in [5.41, 5.74) is 6.57. The second kappa shape index (κ2) is 8.67. The first-order valence-electron chi connectivity index (χ1n) is 11.9. The van der Waals surface area contributed by atoms with Crippen molar-refractivity contribution in [2.45, 2.75) is 44.8 Å². The van der Waals surface area contributed by atoms with Gasteiger partial charge < -0.3 is 10.1 Å². The molecule has 0 unspecified atom stereocenters. The minimum absolute atomic E-state index is 0.147. The Morgan fingerprint density at radius 2 is 2.09 bits per heavy atom. The largest absolute Gasteiger partial charge is 0.470 e. The Hall–Kier alpha value is -3.41. The van der Waals surface area contributed by atoms with E-state index in [4.69, 9.17) is 10.00 Å². The zero-order valence-corrected chi connectivity index (χ0v) is 20.8. The number of benzene rings is 1. The summed E-state index contributed by atoms with van der Waals surface area (Å²) in [5, 5.41) is 16.8. The molecule has 2 atom stereocenters. The van der Waals surface area contributed by atoms with E-state index in [-0.39, 0.29) is 12.0 Å². The van der Waals surface area contributed by atoms with Gasteiger partial charge in [0.25, 0.3) is 0 Å².